The van der Waals surface area contributed by atoms with Crippen molar-refractivity contribution < 1.29 is 13.2 Å². The van der Waals surface area contributed by atoms with Crippen LogP contribution in [0.5, 0.6) is 5.75 Å². The Labute approximate surface area is 180 Å². The second-order valence-corrected chi connectivity index (χ2v) is 8.80. The molecular weight excluding hydrogens is 414 g/mol. The lowest BCUT2D eigenvalue weighted by molar-refractivity contribution is 0.416. The van der Waals surface area contributed by atoms with E-state index < -0.39 is 10.0 Å². The van der Waals surface area contributed by atoms with Crippen LogP contribution in [-0.4, -0.2) is 25.1 Å². The maximum absolute atomic E-state index is 13.0. The van der Waals surface area contributed by atoms with Crippen LogP contribution in [0.2, 0.25) is 0 Å². The zero-order chi connectivity index (χ0) is 22.2. The highest BCUT2D eigenvalue weighted by Crippen LogP contribution is 2.29. The second kappa shape index (κ2) is 7.88. The average molecular weight is 436 g/mol. The number of hydrogen-bond acceptors (Lipinski definition) is 5. The largest absolute Gasteiger partial charge is 0.494 e. The highest BCUT2D eigenvalue weighted by molar-refractivity contribution is 7.92. The first-order valence-corrected chi connectivity index (χ1v) is 11.0. The molecule has 8 heteroatoms. The van der Waals surface area contributed by atoms with Gasteiger partial charge in [-0.3, -0.25) is 14.1 Å². The first kappa shape index (κ1) is 20.6. The summed E-state index contributed by atoms with van der Waals surface area (Å²) in [5.74, 6) is 0.798. The van der Waals surface area contributed by atoms with Crippen LogP contribution in [-0.2, 0) is 10.0 Å². The van der Waals surface area contributed by atoms with E-state index in [2.05, 4.69) is 9.71 Å². The predicted molar refractivity (Wildman–Crippen MR) is 121 cm³/mol. The van der Waals surface area contributed by atoms with Crippen molar-refractivity contribution in [1.82, 2.24) is 9.55 Å². The Bertz CT molecular complexity index is 1440. The molecule has 0 radical (unpaired) electrons. The molecule has 0 fully saturated rings. The first-order valence-electron chi connectivity index (χ1n) is 9.56. The number of anilines is 1. The molecule has 4 rings (SSSR count). The Morgan fingerprint density at radius 1 is 0.968 bits per heavy atom. The lowest BCUT2D eigenvalue weighted by atomic mass is 10.2. The molecule has 0 saturated heterocycles. The number of hydrogen-bond donors (Lipinski definition) is 1. The van der Waals surface area contributed by atoms with E-state index in [9.17, 15) is 13.2 Å². The number of benzene rings is 3. The van der Waals surface area contributed by atoms with Gasteiger partial charge in [-0.15, -0.1) is 0 Å². The van der Waals surface area contributed by atoms with Crippen LogP contribution in [0.4, 0.5) is 5.69 Å². The van der Waals surface area contributed by atoms with Gasteiger partial charge in [0.1, 0.15) is 11.6 Å². The van der Waals surface area contributed by atoms with Gasteiger partial charge in [0.05, 0.1) is 34.3 Å². The van der Waals surface area contributed by atoms with Crippen molar-refractivity contribution in [2.24, 2.45) is 0 Å². The molecule has 0 amide bonds. The third-order valence-corrected chi connectivity index (χ3v) is 6.34. The molecule has 0 aliphatic heterocycles. The molecule has 0 unspecified atom stereocenters. The van der Waals surface area contributed by atoms with E-state index in [-0.39, 0.29) is 21.9 Å². The number of nitrogens with one attached hydrogen (secondary N) is 1. The zero-order valence-corrected chi connectivity index (χ0v) is 18.1. The van der Waals surface area contributed by atoms with E-state index >= 15 is 0 Å². The van der Waals surface area contributed by atoms with Crippen LogP contribution in [0, 0.1) is 13.8 Å². The fourth-order valence-corrected chi connectivity index (χ4v) is 4.44. The van der Waals surface area contributed by atoms with Crippen molar-refractivity contribution in [2.45, 2.75) is 18.7 Å². The number of aromatic nitrogens is 2. The molecule has 0 saturated carbocycles. The maximum Gasteiger partial charge on any atom is 0.265 e. The van der Waals surface area contributed by atoms with Crippen molar-refractivity contribution in [2.75, 3.05) is 11.8 Å². The molecule has 0 bridgehead atoms. The van der Waals surface area contributed by atoms with Crippen LogP contribution < -0.4 is 15.0 Å². The number of methoxy groups -OCH3 is 1. The van der Waals surface area contributed by atoms with Gasteiger partial charge >= 0.3 is 0 Å². The Balaban J connectivity index is 1.77. The van der Waals surface area contributed by atoms with Crippen LogP contribution in [0.25, 0.3) is 16.6 Å². The number of ether oxygens (including phenoxy) is 1. The molecule has 1 N–H and O–H groups in total. The van der Waals surface area contributed by atoms with Gasteiger partial charge < -0.3 is 4.74 Å². The van der Waals surface area contributed by atoms with Gasteiger partial charge in [0, 0.05) is 6.07 Å². The smallest absolute Gasteiger partial charge is 0.265 e. The quantitative estimate of drug-likeness (QED) is 0.515. The lowest BCUT2D eigenvalue weighted by Gasteiger charge is -2.15. The van der Waals surface area contributed by atoms with Crippen LogP contribution in [0.3, 0.4) is 0 Å². The highest BCUT2D eigenvalue weighted by atomic mass is 32.2. The fourth-order valence-electron chi connectivity index (χ4n) is 3.37. The summed E-state index contributed by atoms with van der Waals surface area (Å²) in [5.41, 5.74) is 2.17. The average Bonchev–Trinajstić information content (AvgIpc) is 2.74. The Morgan fingerprint density at radius 3 is 2.39 bits per heavy atom. The van der Waals surface area contributed by atoms with Gasteiger partial charge in [0.15, 0.2) is 0 Å². The van der Waals surface area contributed by atoms with E-state index in [0.29, 0.717) is 22.4 Å². The molecular formula is C23H21N3O4S. The maximum atomic E-state index is 13.0. The van der Waals surface area contributed by atoms with Gasteiger partial charge in [-0.1, -0.05) is 29.8 Å². The third-order valence-electron chi connectivity index (χ3n) is 4.96. The second-order valence-electron chi connectivity index (χ2n) is 7.12. The van der Waals surface area contributed by atoms with Crippen LogP contribution in [0.1, 0.15) is 11.4 Å². The van der Waals surface area contributed by atoms with Crippen LogP contribution >= 0.6 is 0 Å². The standard InChI is InChI=1S/C23H21N3O4S/c1-15-8-11-18(12-9-15)31(28,29)25-21-13-10-17(14-22(21)30-3)26-16(2)24-20-7-5-4-6-19(20)23(26)27/h4-14,25H,1-3H3. The van der Waals surface area contributed by atoms with E-state index in [1.807, 2.05) is 13.0 Å². The summed E-state index contributed by atoms with van der Waals surface area (Å²) in [4.78, 5) is 17.7. The fraction of sp³-hybridized carbons (Fsp3) is 0.130. The molecule has 3 aromatic carbocycles. The summed E-state index contributed by atoms with van der Waals surface area (Å²) < 4.78 is 35.0. The highest BCUT2D eigenvalue weighted by Gasteiger charge is 2.18. The molecule has 1 aromatic heterocycles. The molecule has 7 nitrogen and oxygen atoms in total. The van der Waals surface area contributed by atoms with Crippen molar-refractivity contribution in [3.8, 4) is 11.4 Å². The van der Waals surface area contributed by atoms with E-state index in [1.165, 1.54) is 11.7 Å². The summed E-state index contributed by atoms with van der Waals surface area (Å²) in [6.07, 6.45) is 0. The van der Waals surface area contributed by atoms with Crippen molar-refractivity contribution in [3.05, 3.63) is 88.5 Å². The number of nitrogens with zero attached hydrogens (tertiary/aromatic N) is 2. The zero-order valence-electron chi connectivity index (χ0n) is 17.3. The molecule has 158 valence electrons. The van der Waals surface area contributed by atoms with Gasteiger partial charge in [-0.25, -0.2) is 13.4 Å². The topological polar surface area (TPSA) is 90.3 Å². The third kappa shape index (κ3) is 3.89. The molecule has 4 aromatic rings. The van der Waals surface area contributed by atoms with E-state index in [4.69, 9.17) is 4.74 Å². The first-order chi connectivity index (χ1) is 14.8. The molecule has 31 heavy (non-hydrogen) atoms. The SMILES string of the molecule is COc1cc(-n2c(C)nc3ccccc3c2=O)ccc1NS(=O)(=O)c1ccc(C)cc1. The summed E-state index contributed by atoms with van der Waals surface area (Å²) in [5, 5.41) is 0.496. The van der Waals surface area contributed by atoms with Crippen LogP contribution in [0.15, 0.2) is 76.4 Å². The van der Waals surface area contributed by atoms with Crippen molar-refractivity contribution in [1.29, 1.82) is 0 Å². The number of sulfonamides is 1. The number of fused-ring (bicyclic) bond motifs is 1. The van der Waals surface area contributed by atoms with E-state index in [0.717, 1.165) is 5.56 Å². The molecule has 1 heterocycles. The van der Waals surface area contributed by atoms with Crippen molar-refractivity contribution in [3.63, 3.8) is 0 Å². The summed E-state index contributed by atoms with van der Waals surface area (Å²) in [6.45, 7) is 3.63. The lowest BCUT2D eigenvalue weighted by Crippen LogP contribution is -2.22. The Morgan fingerprint density at radius 2 is 1.68 bits per heavy atom. The molecule has 0 aliphatic rings. The number of aryl methyl sites for hydroxylation is 2. The van der Waals surface area contributed by atoms with Gasteiger partial charge in [-0.2, -0.15) is 0 Å². The van der Waals surface area contributed by atoms with Crippen molar-refractivity contribution >= 4 is 26.6 Å². The minimum absolute atomic E-state index is 0.148. The Hall–Kier alpha value is -3.65. The summed E-state index contributed by atoms with van der Waals surface area (Å²) >= 11 is 0. The minimum atomic E-state index is -3.80. The minimum Gasteiger partial charge on any atom is -0.494 e. The normalized spacial score (nSPS) is 11.5. The number of rotatable bonds is 5. The Kier molecular flexibility index (Phi) is 5.24. The predicted octanol–water partition coefficient (Wildman–Crippen LogP) is 3.81. The summed E-state index contributed by atoms with van der Waals surface area (Å²) in [7, 11) is -2.35. The van der Waals surface area contributed by atoms with E-state index in [1.54, 1.807) is 67.6 Å². The number of para-hydroxylation sites is 1. The van der Waals surface area contributed by atoms with Gasteiger partial charge in [0.2, 0.25) is 0 Å². The summed E-state index contributed by atoms with van der Waals surface area (Å²) in [6, 6.07) is 18.5. The van der Waals surface area contributed by atoms with Gasteiger partial charge in [-0.05, 0) is 50.2 Å². The monoisotopic (exact) mass is 435 g/mol. The molecule has 0 spiro atoms. The van der Waals surface area contributed by atoms with Gasteiger partial charge in [0.25, 0.3) is 15.6 Å². The molecule has 0 aliphatic carbocycles. The molecule has 0 atom stereocenters.